The van der Waals surface area contributed by atoms with E-state index >= 15 is 0 Å². The number of aliphatic hydroxyl groups is 1. The predicted octanol–water partition coefficient (Wildman–Crippen LogP) is 3.39. The standard InChI is InChI=1S/C19H21Cl3N2O4S/c20-15-4-1-2-6-17(15)28-13-14(25)12-23-8-10-24(11-9-23)29(26,27)18-7-3-5-16(21)19(18)22/h1-7,14,25H,8-13H2. The van der Waals surface area contributed by atoms with Gasteiger partial charge in [0.05, 0.1) is 15.1 Å². The molecule has 1 unspecified atom stereocenters. The molecule has 0 aromatic heterocycles. The molecular formula is C19H21Cl3N2O4S. The summed E-state index contributed by atoms with van der Waals surface area (Å²) in [5.41, 5.74) is 0. The second-order valence-corrected chi connectivity index (χ2v) is 9.75. The van der Waals surface area contributed by atoms with Gasteiger partial charge in [-0.1, -0.05) is 53.0 Å². The molecule has 0 saturated carbocycles. The monoisotopic (exact) mass is 478 g/mol. The number of hydrogen-bond acceptors (Lipinski definition) is 5. The highest BCUT2D eigenvalue weighted by molar-refractivity contribution is 7.89. The molecule has 0 aliphatic carbocycles. The lowest BCUT2D eigenvalue weighted by Crippen LogP contribution is -2.50. The molecule has 6 nitrogen and oxygen atoms in total. The Kier molecular flexibility index (Phi) is 7.67. The van der Waals surface area contributed by atoms with E-state index in [0.29, 0.717) is 43.5 Å². The van der Waals surface area contributed by atoms with Crippen LogP contribution in [0.25, 0.3) is 0 Å². The lowest BCUT2D eigenvalue weighted by atomic mass is 10.3. The van der Waals surface area contributed by atoms with Gasteiger partial charge in [-0.2, -0.15) is 4.31 Å². The maximum absolute atomic E-state index is 12.9. The third-order valence-electron chi connectivity index (χ3n) is 4.60. The van der Waals surface area contributed by atoms with Crippen molar-refractivity contribution in [3.05, 3.63) is 57.5 Å². The lowest BCUT2D eigenvalue weighted by molar-refractivity contribution is 0.0569. The first-order valence-electron chi connectivity index (χ1n) is 9.01. The normalized spacial score (nSPS) is 17.2. The molecule has 1 aliphatic heterocycles. The van der Waals surface area contributed by atoms with E-state index < -0.39 is 16.1 Å². The fourth-order valence-corrected chi connectivity index (χ4v) is 5.42. The molecule has 0 radical (unpaired) electrons. The Morgan fingerprint density at radius 3 is 2.31 bits per heavy atom. The second-order valence-electron chi connectivity index (χ2n) is 6.65. The number of β-amino-alcohol motifs (C(OH)–C–C–N with tert-alkyl or cyclic N) is 1. The average molecular weight is 480 g/mol. The van der Waals surface area contributed by atoms with E-state index in [9.17, 15) is 13.5 Å². The van der Waals surface area contributed by atoms with Gasteiger partial charge in [0, 0.05) is 32.7 Å². The zero-order valence-corrected chi connectivity index (χ0v) is 18.6. The van der Waals surface area contributed by atoms with Crippen LogP contribution in [0.1, 0.15) is 0 Å². The van der Waals surface area contributed by atoms with Gasteiger partial charge >= 0.3 is 0 Å². The second kappa shape index (κ2) is 9.83. The first-order chi connectivity index (χ1) is 13.8. The quantitative estimate of drug-likeness (QED) is 0.659. The summed E-state index contributed by atoms with van der Waals surface area (Å²) >= 11 is 18.1. The van der Waals surface area contributed by atoms with Gasteiger partial charge in [-0.25, -0.2) is 8.42 Å². The number of halogens is 3. The molecule has 1 N–H and O–H groups in total. The van der Waals surface area contributed by atoms with Crippen LogP contribution in [-0.4, -0.2) is 68.2 Å². The van der Waals surface area contributed by atoms with Crippen molar-refractivity contribution in [2.24, 2.45) is 0 Å². The average Bonchev–Trinajstić information content (AvgIpc) is 2.70. The predicted molar refractivity (Wildman–Crippen MR) is 115 cm³/mol. The molecular weight excluding hydrogens is 459 g/mol. The number of benzene rings is 2. The van der Waals surface area contributed by atoms with E-state index in [1.165, 1.54) is 10.4 Å². The van der Waals surface area contributed by atoms with Crippen molar-refractivity contribution in [3.8, 4) is 5.75 Å². The third-order valence-corrected chi connectivity index (χ3v) is 7.79. The lowest BCUT2D eigenvalue weighted by Gasteiger charge is -2.35. The number of ether oxygens (including phenoxy) is 1. The fourth-order valence-electron chi connectivity index (χ4n) is 3.07. The number of hydrogen-bond donors (Lipinski definition) is 1. The zero-order chi connectivity index (χ0) is 21.0. The largest absolute Gasteiger partial charge is 0.489 e. The Balaban J connectivity index is 1.52. The molecule has 2 aromatic rings. The molecule has 0 spiro atoms. The minimum Gasteiger partial charge on any atom is -0.489 e. The smallest absolute Gasteiger partial charge is 0.244 e. The van der Waals surface area contributed by atoms with Gasteiger partial charge in [0.25, 0.3) is 0 Å². The van der Waals surface area contributed by atoms with Crippen molar-refractivity contribution in [2.75, 3.05) is 39.3 Å². The molecule has 0 amide bonds. The highest BCUT2D eigenvalue weighted by atomic mass is 35.5. The Bertz CT molecular complexity index is 950. The van der Waals surface area contributed by atoms with Crippen molar-refractivity contribution < 1.29 is 18.3 Å². The number of piperazine rings is 1. The molecule has 0 bridgehead atoms. The molecule has 3 rings (SSSR count). The fraction of sp³-hybridized carbons (Fsp3) is 0.368. The molecule has 1 aliphatic rings. The minimum absolute atomic E-state index is 0.00768. The summed E-state index contributed by atoms with van der Waals surface area (Å²) in [6.45, 7) is 2.03. The zero-order valence-electron chi connectivity index (χ0n) is 15.5. The van der Waals surface area contributed by atoms with Crippen molar-refractivity contribution in [2.45, 2.75) is 11.0 Å². The highest BCUT2D eigenvalue weighted by Crippen LogP contribution is 2.31. The van der Waals surface area contributed by atoms with E-state index in [4.69, 9.17) is 39.5 Å². The van der Waals surface area contributed by atoms with Crippen LogP contribution in [0.4, 0.5) is 0 Å². The summed E-state index contributed by atoms with van der Waals surface area (Å²) in [5, 5.41) is 11.0. The van der Waals surface area contributed by atoms with Crippen LogP contribution in [0.15, 0.2) is 47.4 Å². The number of aliphatic hydroxyl groups excluding tert-OH is 1. The van der Waals surface area contributed by atoms with E-state index in [1.54, 1.807) is 36.4 Å². The van der Waals surface area contributed by atoms with Gasteiger partial charge in [0.15, 0.2) is 0 Å². The summed E-state index contributed by atoms with van der Waals surface area (Å²) in [7, 11) is -3.73. The molecule has 1 saturated heterocycles. The molecule has 10 heteroatoms. The Labute approximate surface area is 185 Å². The highest BCUT2D eigenvalue weighted by Gasteiger charge is 2.31. The van der Waals surface area contributed by atoms with Gasteiger partial charge in [0.2, 0.25) is 10.0 Å². The molecule has 2 aromatic carbocycles. The summed E-state index contributed by atoms with van der Waals surface area (Å²) < 4.78 is 32.7. The van der Waals surface area contributed by atoms with Gasteiger partial charge in [-0.15, -0.1) is 0 Å². The Morgan fingerprint density at radius 2 is 1.62 bits per heavy atom. The van der Waals surface area contributed by atoms with E-state index in [0.717, 1.165) is 0 Å². The number of nitrogens with zero attached hydrogens (tertiary/aromatic N) is 2. The molecule has 29 heavy (non-hydrogen) atoms. The first-order valence-corrected chi connectivity index (χ1v) is 11.6. The van der Waals surface area contributed by atoms with Crippen LogP contribution < -0.4 is 4.74 Å². The minimum atomic E-state index is -3.73. The van der Waals surface area contributed by atoms with Crippen LogP contribution in [0.3, 0.4) is 0 Å². The summed E-state index contributed by atoms with van der Waals surface area (Å²) in [6.07, 6.45) is -0.725. The summed E-state index contributed by atoms with van der Waals surface area (Å²) in [5.74, 6) is 0.516. The molecule has 1 heterocycles. The van der Waals surface area contributed by atoms with Gasteiger partial charge < -0.3 is 9.84 Å². The van der Waals surface area contributed by atoms with Crippen LogP contribution in [0, 0.1) is 0 Å². The van der Waals surface area contributed by atoms with Crippen LogP contribution >= 0.6 is 34.8 Å². The SMILES string of the molecule is O=S(=O)(c1cccc(Cl)c1Cl)N1CCN(CC(O)COc2ccccc2Cl)CC1. The van der Waals surface area contributed by atoms with Crippen molar-refractivity contribution >= 4 is 44.8 Å². The number of sulfonamides is 1. The summed E-state index contributed by atoms with van der Waals surface area (Å²) in [6, 6.07) is 11.6. The third kappa shape index (κ3) is 5.55. The maximum atomic E-state index is 12.9. The molecule has 158 valence electrons. The van der Waals surface area contributed by atoms with Crippen LogP contribution in [-0.2, 0) is 10.0 Å². The van der Waals surface area contributed by atoms with Gasteiger partial charge in [-0.3, -0.25) is 4.90 Å². The van der Waals surface area contributed by atoms with E-state index in [1.807, 2.05) is 4.90 Å². The maximum Gasteiger partial charge on any atom is 0.244 e. The van der Waals surface area contributed by atoms with Crippen LogP contribution in [0.5, 0.6) is 5.75 Å². The van der Waals surface area contributed by atoms with Crippen molar-refractivity contribution in [1.29, 1.82) is 0 Å². The summed E-state index contributed by atoms with van der Waals surface area (Å²) in [4.78, 5) is 2.00. The number of para-hydroxylation sites is 1. The van der Waals surface area contributed by atoms with Crippen LogP contribution in [0.2, 0.25) is 15.1 Å². The topological polar surface area (TPSA) is 70.1 Å². The van der Waals surface area contributed by atoms with E-state index in [-0.39, 0.29) is 21.5 Å². The first kappa shape index (κ1) is 22.6. The van der Waals surface area contributed by atoms with Gasteiger partial charge in [-0.05, 0) is 24.3 Å². The molecule has 1 fully saturated rings. The van der Waals surface area contributed by atoms with Gasteiger partial charge in [0.1, 0.15) is 23.4 Å². The van der Waals surface area contributed by atoms with Crippen molar-refractivity contribution in [1.82, 2.24) is 9.21 Å². The number of rotatable bonds is 7. The Morgan fingerprint density at radius 1 is 0.966 bits per heavy atom. The van der Waals surface area contributed by atoms with Crippen molar-refractivity contribution in [3.63, 3.8) is 0 Å². The Hall–Kier alpha value is -1.06. The molecule has 1 atom stereocenters. The van der Waals surface area contributed by atoms with E-state index in [2.05, 4.69) is 0 Å².